The number of aromatic nitrogens is 2. The summed E-state index contributed by atoms with van der Waals surface area (Å²) in [5.74, 6) is 1.24. The summed E-state index contributed by atoms with van der Waals surface area (Å²) >= 11 is 0. The second-order valence-electron chi connectivity index (χ2n) is 5.91. The van der Waals surface area contributed by atoms with Crippen LogP contribution < -0.4 is 5.32 Å². The molecule has 1 atom stereocenters. The molecule has 2 aromatic carbocycles. The summed E-state index contributed by atoms with van der Waals surface area (Å²) in [6.45, 7) is 1.94. The minimum Gasteiger partial charge on any atom is -0.313 e. The zero-order valence-corrected chi connectivity index (χ0v) is 12.9. The molecule has 0 amide bonds. The monoisotopic (exact) mass is 301 g/mol. The highest BCUT2D eigenvalue weighted by Gasteiger charge is 2.20. The Labute approximate surface area is 136 Å². The number of benzene rings is 2. The third kappa shape index (κ3) is 2.88. The van der Waals surface area contributed by atoms with E-state index < -0.39 is 0 Å². The molecule has 1 aromatic heterocycles. The number of rotatable bonds is 2. The van der Waals surface area contributed by atoms with Gasteiger partial charge in [-0.15, -0.1) is 0 Å². The van der Waals surface area contributed by atoms with E-state index in [1.165, 1.54) is 16.7 Å². The Morgan fingerprint density at radius 3 is 2.57 bits per heavy atom. The number of hydrogen-bond acceptors (Lipinski definition) is 3. The molecule has 23 heavy (non-hydrogen) atoms. The van der Waals surface area contributed by atoms with Crippen LogP contribution in [0.5, 0.6) is 0 Å². The fourth-order valence-corrected chi connectivity index (χ4v) is 3.34. The maximum atomic E-state index is 4.37. The highest BCUT2D eigenvalue weighted by molar-refractivity contribution is 5.58. The van der Waals surface area contributed by atoms with Crippen molar-refractivity contribution in [3.8, 4) is 11.4 Å². The van der Waals surface area contributed by atoms with Crippen LogP contribution in [0, 0.1) is 0 Å². The van der Waals surface area contributed by atoms with Crippen molar-refractivity contribution in [3.63, 3.8) is 0 Å². The first kappa shape index (κ1) is 14.1. The van der Waals surface area contributed by atoms with Crippen molar-refractivity contribution >= 4 is 0 Å². The van der Waals surface area contributed by atoms with Crippen molar-refractivity contribution in [3.05, 3.63) is 83.7 Å². The predicted molar refractivity (Wildman–Crippen MR) is 92.1 cm³/mol. The maximum Gasteiger partial charge on any atom is 0.159 e. The molecule has 1 N–H and O–H groups in total. The molecule has 0 radical (unpaired) electrons. The lowest BCUT2D eigenvalue weighted by atomic mass is 9.86. The molecular formula is C20H19N3. The summed E-state index contributed by atoms with van der Waals surface area (Å²) in [6, 6.07) is 19.3. The molecule has 0 spiro atoms. The van der Waals surface area contributed by atoms with Crippen LogP contribution in [0.15, 0.2) is 67.0 Å². The summed E-state index contributed by atoms with van der Waals surface area (Å²) in [5.41, 5.74) is 5.24. The van der Waals surface area contributed by atoms with E-state index in [4.69, 9.17) is 0 Å². The molecule has 0 aliphatic carbocycles. The van der Waals surface area contributed by atoms with Gasteiger partial charge in [-0.1, -0.05) is 42.5 Å². The minimum absolute atomic E-state index is 0.451. The number of nitrogens with zero attached hydrogens (tertiary/aromatic N) is 2. The molecule has 3 heteroatoms. The molecule has 1 unspecified atom stereocenters. The van der Waals surface area contributed by atoms with Gasteiger partial charge in [0.2, 0.25) is 0 Å². The Bertz CT molecular complexity index is 784. The molecule has 0 bridgehead atoms. The van der Waals surface area contributed by atoms with Gasteiger partial charge in [0.25, 0.3) is 0 Å². The van der Waals surface area contributed by atoms with Crippen molar-refractivity contribution in [2.75, 3.05) is 6.54 Å². The summed E-state index contributed by atoms with van der Waals surface area (Å²) in [7, 11) is 0. The first-order chi connectivity index (χ1) is 11.4. The molecule has 3 aromatic rings. The van der Waals surface area contributed by atoms with Gasteiger partial charge >= 0.3 is 0 Å². The van der Waals surface area contributed by atoms with Crippen molar-refractivity contribution in [1.82, 2.24) is 15.3 Å². The van der Waals surface area contributed by atoms with Crippen LogP contribution >= 0.6 is 0 Å². The molecule has 1 aliphatic rings. The quantitative estimate of drug-likeness (QED) is 0.783. The second-order valence-corrected chi connectivity index (χ2v) is 5.91. The zero-order chi connectivity index (χ0) is 15.5. The predicted octanol–water partition coefficient (Wildman–Crippen LogP) is 3.77. The van der Waals surface area contributed by atoms with Crippen LogP contribution in [0.2, 0.25) is 0 Å². The fourth-order valence-electron chi connectivity index (χ4n) is 3.34. The molecule has 2 heterocycles. The standard InChI is InChI=1S/C20H19N3/c1-2-5-15(6-3-1)19-9-12-21-14-17-13-16(7-8-18(17)19)20-22-10-4-11-23-20/h1-8,10-11,13,19,21H,9,12,14H2. The zero-order valence-electron chi connectivity index (χ0n) is 12.9. The average Bonchev–Trinajstić information content (AvgIpc) is 2.85. The van der Waals surface area contributed by atoms with E-state index in [1.807, 2.05) is 6.07 Å². The van der Waals surface area contributed by atoms with Crippen molar-refractivity contribution in [2.45, 2.75) is 18.9 Å². The van der Waals surface area contributed by atoms with Crippen LogP contribution in [0.1, 0.15) is 29.0 Å². The molecule has 1 aliphatic heterocycles. The molecule has 114 valence electrons. The molecule has 3 nitrogen and oxygen atoms in total. The Morgan fingerprint density at radius 1 is 0.913 bits per heavy atom. The van der Waals surface area contributed by atoms with Gasteiger partial charge in [-0.3, -0.25) is 0 Å². The van der Waals surface area contributed by atoms with E-state index in [9.17, 15) is 0 Å². The summed E-state index contributed by atoms with van der Waals surface area (Å²) in [5, 5.41) is 3.54. The van der Waals surface area contributed by atoms with Crippen molar-refractivity contribution in [2.24, 2.45) is 0 Å². The normalized spacial score (nSPS) is 17.3. The smallest absolute Gasteiger partial charge is 0.159 e. The van der Waals surface area contributed by atoms with Crippen molar-refractivity contribution < 1.29 is 0 Å². The molecule has 0 fully saturated rings. The molecule has 4 rings (SSSR count). The van der Waals surface area contributed by atoms with Crippen LogP contribution in [0.25, 0.3) is 11.4 Å². The van der Waals surface area contributed by atoms with Gasteiger partial charge in [0, 0.05) is 30.4 Å². The van der Waals surface area contributed by atoms with Gasteiger partial charge in [-0.25, -0.2) is 9.97 Å². The van der Waals surface area contributed by atoms with Crippen LogP contribution in [-0.2, 0) is 6.54 Å². The first-order valence-corrected chi connectivity index (χ1v) is 8.08. The minimum atomic E-state index is 0.451. The van der Waals surface area contributed by atoms with E-state index >= 15 is 0 Å². The van der Waals surface area contributed by atoms with E-state index in [0.29, 0.717) is 5.92 Å². The summed E-state index contributed by atoms with van der Waals surface area (Å²) in [6.07, 6.45) is 4.70. The molecule has 0 saturated heterocycles. The lowest BCUT2D eigenvalue weighted by Crippen LogP contribution is -2.12. The van der Waals surface area contributed by atoms with E-state index in [2.05, 4.69) is 63.8 Å². The summed E-state index contributed by atoms with van der Waals surface area (Å²) < 4.78 is 0. The average molecular weight is 301 g/mol. The summed E-state index contributed by atoms with van der Waals surface area (Å²) in [4.78, 5) is 8.73. The van der Waals surface area contributed by atoms with Crippen LogP contribution in [0.4, 0.5) is 0 Å². The van der Waals surface area contributed by atoms with Gasteiger partial charge in [-0.05, 0) is 41.8 Å². The van der Waals surface area contributed by atoms with E-state index in [0.717, 1.165) is 30.9 Å². The maximum absolute atomic E-state index is 4.37. The Kier molecular flexibility index (Phi) is 3.86. The SMILES string of the molecule is c1ccc(C2CCNCc3cc(-c4ncccn4)ccc32)cc1. The molecule has 0 saturated carbocycles. The first-order valence-electron chi connectivity index (χ1n) is 8.08. The number of nitrogens with one attached hydrogen (secondary N) is 1. The van der Waals surface area contributed by atoms with Gasteiger partial charge < -0.3 is 5.32 Å². The van der Waals surface area contributed by atoms with Crippen LogP contribution in [-0.4, -0.2) is 16.5 Å². The van der Waals surface area contributed by atoms with Gasteiger partial charge in [0.05, 0.1) is 0 Å². The van der Waals surface area contributed by atoms with Crippen LogP contribution in [0.3, 0.4) is 0 Å². The number of fused-ring (bicyclic) bond motifs is 1. The van der Waals surface area contributed by atoms with Gasteiger partial charge in [0.15, 0.2) is 5.82 Å². The van der Waals surface area contributed by atoms with Gasteiger partial charge in [0.1, 0.15) is 0 Å². The third-order valence-electron chi connectivity index (χ3n) is 4.47. The Hall–Kier alpha value is -2.52. The fraction of sp³-hybridized carbons (Fsp3) is 0.200. The van der Waals surface area contributed by atoms with Crippen molar-refractivity contribution in [1.29, 1.82) is 0 Å². The largest absolute Gasteiger partial charge is 0.313 e. The lowest BCUT2D eigenvalue weighted by Gasteiger charge is -2.18. The highest BCUT2D eigenvalue weighted by Crippen LogP contribution is 2.33. The third-order valence-corrected chi connectivity index (χ3v) is 4.47. The van der Waals surface area contributed by atoms with E-state index in [1.54, 1.807) is 12.4 Å². The Morgan fingerprint density at radius 2 is 1.74 bits per heavy atom. The Balaban J connectivity index is 1.77. The topological polar surface area (TPSA) is 37.8 Å². The number of hydrogen-bond donors (Lipinski definition) is 1. The van der Waals surface area contributed by atoms with Gasteiger partial charge in [-0.2, -0.15) is 0 Å². The lowest BCUT2D eigenvalue weighted by molar-refractivity contribution is 0.647. The highest BCUT2D eigenvalue weighted by atomic mass is 14.9. The second kappa shape index (κ2) is 6.31. The molecular weight excluding hydrogens is 282 g/mol. The van der Waals surface area contributed by atoms with E-state index in [-0.39, 0.29) is 0 Å².